The first-order chi connectivity index (χ1) is 7.81. The van der Waals surface area contributed by atoms with E-state index in [0.29, 0.717) is 6.61 Å². The van der Waals surface area contributed by atoms with Crippen LogP contribution in [0.25, 0.3) is 11.1 Å². The van der Waals surface area contributed by atoms with Crippen molar-refractivity contribution in [3.63, 3.8) is 0 Å². The summed E-state index contributed by atoms with van der Waals surface area (Å²) in [4.78, 5) is 0. The molecule has 0 N–H and O–H groups in total. The van der Waals surface area contributed by atoms with Gasteiger partial charge in [0.2, 0.25) is 0 Å². The summed E-state index contributed by atoms with van der Waals surface area (Å²) in [5.74, 6) is -0.215. The summed E-state index contributed by atoms with van der Waals surface area (Å²) in [6.45, 7) is 0.563. The molecule has 2 heteroatoms. The topological polar surface area (TPSA) is 9.23 Å². The zero-order chi connectivity index (χ0) is 11.4. The van der Waals surface area contributed by atoms with E-state index in [4.69, 9.17) is 4.74 Å². The molecule has 0 atom stereocenters. The van der Waals surface area contributed by atoms with Crippen LogP contribution in [-0.4, -0.2) is 7.11 Å². The molecule has 0 fully saturated rings. The molecule has 0 amide bonds. The third-order valence-electron chi connectivity index (χ3n) is 2.47. The lowest BCUT2D eigenvalue weighted by Crippen LogP contribution is -1.91. The van der Waals surface area contributed by atoms with Gasteiger partial charge in [-0.2, -0.15) is 0 Å². The van der Waals surface area contributed by atoms with Gasteiger partial charge in [0.25, 0.3) is 0 Å². The summed E-state index contributed by atoms with van der Waals surface area (Å²) in [6.07, 6.45) is 0. The first kappa shape index (κ1) is 10.8. The van der Waals surface area contributed by atoms with Gasteiger partial charge in [-0.05, 0) is 28.8 Å². The van der Waals surface area contributed by atoms with Gasteiger partial charge in [-0.3, -0.25) is 0 Å². The molecule has 0 radical (unpaired) electrons. The standard InChI is InChI=1S/C14H13FO/c1-16-10-12-4-2-3-5-14(12)11-6-8-13(15)9-7-11/h2-9H,10H2,1H3. The zero-order valence-electron chi connectivity index (χ0n) is 9.11. The molecule has 0 aromatic heterocycles. The van der Waals surface area contributed by atoms with Crippen molar-refractivity contribution >= 4 is 0 Å². The summed E-state index contributed by atoms with van der Waals surface area (Å²) in [5.41, 5.74) is 3.20. The molecule has 0 heterocycles. The molecule has 0 saturated heterocycles. The Kier molecular flexibility index (Phi) is 3.32. The van der Waals surface area contributed by atoms with Gasteiger partial charge in [0.1, 0.15) is 5.82 Å². The second-order valence-corrected chi connectivity index (χ2v) is 3.60. The van der Waals surface area contributed by atoms with Crippen molar-refractivity contribution in [3.8, 4) is 11.1 Å². The molecule has 1 nitrogen and oxygen atoms in total. The number of ether oxygens (including phenoxy) is 1. The second kappa shape index (κ2) is 4.90. The van der Waals surface area contributed by atoms with Crippen LogP contribution in [0.15, 0.2) is 48.5 Å². The fourth-order valence-electron chi connectivity index (χ4n) is 1.71. The highest BCUT2D eigenvalue weighted by Crippen LogP contribution is 2.24. The van der Waals surface area contributed by atoms with E-state index in [2.05, 4.69) is 0 Å². The number of halogens is 1. The number of benzene rings is 2. The van der Waals surface area contributed by atoms with Crippen molar-refractivity contribution in [3.05, 3.63) is 59.9 Å². The minimum absolute atomic E-state index is 0.215. The largest absolute Gasteiger partial charge is 0.380 e. The highest BCUT2D eigenvalue weighted by Gasteiger charge is 2.03. The van der Waals surface area contributed by atoms with Gasteiger partial charge in [0, 0.05) is 7.11 Å². The van der Waals surface area contributed by atoms with Crippen molar-refractivity contribution in [2.24, 2.45) is 0 Å². The van der Waals surface area contributed by atoms with E-state index in [1.807, 2.05) is 24.3 Å². The van der Waals surface area contributed by atoms with Crippen LogP contribution >= 0.6 is 0 Å². The minimum atomic E-state index is -0.215. The number of hydrogen-bond donors (Lipinski definition) is 0. The van der Waals surface area contributed by atoms with E-state index in [1.165, 1.54) is 12.1 Å². The summed E-state index contributed by atoms with van der Waals surface area (Å²) < 4.78 is 18.0. The Hall–Kier alpha value is -1.67. The lowest BCUT2D eigenvalue weighted by atomic mass is 10.0. The highest BCUT2D eigenvalue weighted by atomic mass is 19.1. The van der Waals surface area contributed by atoms with Crippen molar-refractivity contribution < 1.29 is 9.13 Å². The van der Waals surface area contributed by atoms with Crippen molar-refractivity contribution in [2.75, 3.05) is 7.11 Å². The smallest absolute Gasteiger partial charge is 0.123 e. The number of hydrogen-bond acceptors (Lipinski definition) is 1. The normalized spacial score (nSPS) is 10.4. The Morgan fingerprint density at radius 2 is 1.69 bits per heavy atom. The van der Waals surface area contributed by atoms with Crippen LogP contribution in [0.3, 0.4) is 0 Å². The highest BCUT2D eigenvalue weighted by molar-refractivity contribution is 5.67. The molecule has 2 aromatic rings. The van der Waals surface area contributed by atoms with Gasteiger partial charge in [-0.1, -0.05) is 36.4 Å². The van der Waals surface area contributed by atoms with E-state index >= 15 is 0 Å². The van der Waals surface area contributed by atoms with Gasteiger partial charge in [0.05, 0.1) is 6.61 Å². The van der Waals surface area contributed by atoms with Crippen molar-refractivity contribution in [2.45, 2.75) is 6.61 Å². The Morgan fingerprint density at radius 1 is 1.00 bits per heavy atom. The van der Waals surface area contributed by atoms with Crippen molar-refractivity contribution in [1.29, 1.82) is 0 Å². The molecule has 0 aliphatic heterocycles. The van der Waals surface area contributed by atoms with Gasteiger partial charge in [0.15, 0.2) is 0 Å². The predicted octanol–water partition coefficient (Wildman–Crippen LogP) is 3.64. The maximum absolute atomic E-state index is 12.8. The van der Waals surface area contributed by atoms with Gasteiger partial charge < -0.3 is 4.74 Å². The quantitative estimate of drug-likeness (QED) is 0.761. The first-order valence-corrected chi connectivity index (χ1v) is 5.14. The molecule has 0 aliphatic rings. The van der Waals surface area contributed by atoms with Gasteiger partial charge in [-0.25, -0.2) is 4.39 Å². The zero-order valence-corrected chi connectivity index (χ0v) is 9.11. The average Bonchev–Trinajstić information content (AvgIpc) is 2.32. The SMILES string of the molecule is COCc1ccccc1-c1ccc(F)cc1. The summed E-state index contributed by atoms with van der Waals surface area (Å²) in [6, 6.07) is 14.5. The third kappa shape index (κ3) is 2.28. The maximum Gasteiger partial charge on any atom is 0.123 e. The van der Waals surface area contributed by atoms with Crippen LogP contribution in [-0.2, 0) is 11.3 Å². The Bertz CT molecular complexity index is 462. The number of rotatable bonds is 3. The number of methoxy groups -OCH3 is 1. The van der Waals surface area contributed by atoms with E-state index in [-0.39, 0.29) is 5.82 Å². The Labute approximate surface area is 94.5 Å². The van der Waals surface area contributed by atoms with Crippen LogP contribution in [0.1, 0.15) is 5.56 Å². The minimum Gasteiger partial charge on any atom is -0.380 e. The molecule has 16 heavy (non-hydrogen) atoms. The van der Waals surface area contributed by atoms with E-state index in [1.54, 1.807) is 19.2 Å². The molecular weight excluding hydrogens is 203 g/mol. The van der Waals surface area contributed by atoms with E-state index in [0.717, 1.165) is 16.7 Å². The van der Waals surface area contributed by atoms with Crippen LogP contribution in [0.4, 0.5) is 4.39 Å². The summed E-state index contributed by atoms with van der Waals surface area (Å²) in [7, 11) is 1.67. The fraction of sp³-hybridized carbons (Fsp3) is 0.143. The first-order valence-electron chi connectivity index (χ1n) is 5.14. The molecule has 0 spiro atoms. The summed E-state index contributed by atoms with van der Waals surface area (Å²) in [5, 5.41) is 0. The molecule has 2 rings (SSSR count). The van der Waals surface area contributed by atoms with E-state index in [9.17, 15) is 4.39 Å². The van der Waals surface area contributed by atoms with E-state index < -0.39 is 0 Å². The Morgan fingerprint density at radius 3 is 2.38 bits per heavy atom. The molecule has 0 bridgehead atoms. The van der Waals surface area contributed by atoms with Crippen LogP contribution in [0.2, 0.25) is 0 Å². The maximum atomic E-state index is 12.8. The van der Waals surface area contributed by atoms with Crippen LogP contribution in [0.5, 0.6) is 0 Å². The average molecular weight is 216 g/mol. The monoisotopic (exact) mass is 216 g/mol. The van der Waals surface area contributed by atoms with Crippen LogP contribution < -0.4 is 0 Å². The van der Waals surface area contributed by atoms with Gasteiger partial charge in [-0.15, -0.1) is 0 Å². The lowest BCUT2D eigenvalue weighted by molar-refractivity contribution is 0.185. The molecule has 2 aromatic carbocycles. The summed E-state index contributed by atoms with van der Waals surface area (Å²) >= 11 is 0. The Balaban J connectivity index is 2.42. The molecule has 0 unspecified atom stereocenters. The molecule has 82 valence electrons. The lowest BCUT2D eigenvalue weighted by Gasteiger charge is -2.08. The van der Waals surface area contributed by atoms with Crippen LogP contribution in [0, 0.1) is 5.82 Å². The predicted molar refractivity (Wildman–Crippen MR) is 62.5 cm³/mol. The fourth-order valence-corrected chi connectivity index (χ4v) is 1.71. The molecule has 0 saturated carbocycles. The third-order valence-corrected chi connectivity index (χ3v) is 2.47. The molecular formula is C14H13FO. The second-order valence-electron chi connectivity index (χ2n) is 3.60. The van der Waals surface area contributed by atoms with Gasteiger partial charge >= 0.3 is 0 Å². The molecule has 0 aliphatic carbocycles. The van der Waals surface area contributed by atoms with Crippen molar-refractivity contribution in [1.82, 2.24) is 0 Å².